The van der Waals surface area contributed by atoms with E-state index in [0.29, 0.717) is 6.54 Å². The minimum absolute atomic E-state index is 0. The predicted octanol–water partition coefficient (Wildman–Crippen LogP) is 2.81. The first kappa shape index (κ1) is 14.7. The van der Waals surface area contributed by atoms with Crippen LogP contribution in [0.1, 0.15) is 30.0 Å². The first-order valence-electron chi connectivity index (χ1n) is 4.87. The van der Waals surface area contributed by atoms with Crippen molar-refractivity contribution in [2.75, 3.05) is 6.54 Å². The summed E-state index contributed by atoms with van der Waals surface area (Å²) in [7, 11) is 0. The van der Waals surface area contributed by atoms with E-state index in [2.05, 4.69) is 0 Å². The summed E-state index contributed by atoms with van der Waals surface area (Å²) >= 11 is 6.09. The lowest BCUT2D eigenvalue weighted by molar-refractivity contribution is 0.615. The Bertz CT molecular complexity index is 282. The van der Waals surface area contributed by atoms with Gasteiger partial charge in [0.25, 0.3) is 0 Å². The molecule has 4 heteroatoms. The van der Waals surface area contributed by atoms with E-state index in [-0.39, 0.29) is 18.4 Å². The summed E-state index contributed by atoms with van der Waals surface area (Å²) in [6.45, 7) is 2.71. The van der Waals surface area contributed by atoms with Crippen molar-refractivity contribution in [2.24, 2.45) is 11.5 Å². The molecule has 86 valence electrons. The quantitative estimate of drug-likeness (QED) is 0.862. The number of halogens is 2. The van der Waals surface area contributed by atoms with Crippen molar-refractivity contribution in [1.29, 1.82) is 0 Å². The maximum atomic E-state index is 6.09. The maximum Gasteiger partial charge on any atom is 0.0456 e. The van der Waals surface area contributed by atoms with E-state index < -0.39 is 0 Å². The largest absolute Gasteiger partial charge is 0.330 e. The van der Waals surface area contributed by atoms with Gasteiger partial charge in [0.05, 0.1) is 0 Å². The van der Waals surface area contributed by atoms with Crippen molar-refractivity contribution in [3.63, 3.8) is 0 Å². The molecule has 15 heavy (non-hydrogen) atoms. The molecule has 1 aromatic rings. The second-order valence-electron chi connectivity index (χ2n) is 3.51. The Labute approximate surface area is 102 Å². The highest BCUT2D eigenvalue weighted by atomic mass is 35.5. The fourth-order valence-electron chi connectivity index (χ4n) is 1.60. The number of hydrogen-bond donors (Lipinski definition) is 2. The first-order chi connectivity index (χ1) is 6.66. The average Bonchev–Trinajstić information content (AvgIpc) is 2.14. The summed E-state index contributed by atoms with van der Waals surface area (Å²) in [5.41, 5.74) is 13.7. The molecule has 0 saturated carbocycles. The minimum atomic E-state index is 0. The molecule has 0 radical (unpaired) electrons. The zero-order valence-corrected chi connectivity index (χ0v) is 10.4. The van der Waals surface area contributed by atoms with Crippen LogP contribution < -0.4 is 11.5 Å². The van der Waals surface area contributed by atoms with Crippen LogP contribution in [0, 0.1) is 6.92 Å². The van der Waals surface area contributed by atoms with Crippen molar-refractivity contribution in [1.82, 2.24) is 0 Å². The third kappa shape index (κ3) is 3.99. The fraction of sp³-hybridized carbons (Fsp3) is 0.455. The molecule has 0 aliphatic carbocycles. The summed E-state index contributed by atoms with van der Waals surface area (Å²) in [6, 6.07) is 5.86. The number of nitrogens with two attached hydrogens (primary N) is 2. The Hall–Kier alpha value is -0.280. The zero-order valence-electron chi connectivity index (χ0n) is 8.87. The van der Waals surface area contributed by atoms with Crippen molar-refractivity contribution in [3.8, 4) is 0 Å². The maximum absolute atomic E-state index is 6.09. The molecule has 0 heterocycles. The molecule has 0 unspecified atom stereocenters. The fourth-order valence-corrected chi connectivity index (χ4v) is 1.96. The summed E-state index contributed by atoms with van der Waals surface area (Å²) in [4.78, 5) is 0. The van der Waals surface area contributed by atoms with Gasteiger partial charge in [-0.05, 0) is 43.5 Å². The van der Waals surface area contributed by atoms with Gasteiger partial charge in [0.15, 0.2) is 0 Å². The normalized spacial score (nSPS) is 12.0. The molecule has 0 saturated heterocycles. The Morgan fingerprint density at radius 1 is 1.40 bits per heavy atom. The second-order valence-corrected chi connectivity index (χ2v) is 3.92. The van der Waals surface area contributed by atoms with Crippen LogP contribution in [0.4, 0.5) is 0 Å². The van der Waals surface area contributed by atoms with Gasteiger partial charge in [0, 0.05) is 11.1 Å². The molecule has 4 N–H and O–H groups in total. The van der Waals surface area contributed by atoms with Gasteiger partial charge in [0.1, 0.15) is 0 Å². The van der Waals surface area contributed by atoms with E-state index in [9.17, 15) is 0 Å². The Kier molecular flexibility index (Phi) is 6.94. The van der Waals surface area contributed by atoms with Gasteiger partial charge in [0.2, 0.25) is 0 Å². The summed E-state index contributed by atoms with van der Waals surface area (Å²) in [6.07, 6.45) is 1.83. The van der Waals surface area contributed by atoms with E-state index in [1.807, 2.05) is 25.1 Å². The van der Waals surface area contributed by atoms with Gasteiger partial charge in [-0.25, -0.2) is 0 Å². The standard InChI is InChI=1S/C11H17ClN2.ClH/c1-8-4-2-5-9(12)11(8)10(14)6-3-7-13;/h2,4-5,10H,3,6-7,13-14H2,1H3;1H/t10-;/m1./s1. The van der Waals surface area contributed by atoms with Crippen LogP contribution in [0.15, 0.2) is 18.2 Å². The molecule has 0 aromatic heterocycles. The predicted molar refractivity (Wildman–Crippen MR) is 68.7 cm³/mol. The van der Waals surface area contributed by atoms with E-state index in [1.165, 1.54) is 0 Å². The van der Waals surface area contributed by atoms with Crippen LogP contribution in [0.3, 0.4) is 0 Å². The molecular formula is C11H18Cl2N2. The van der Waals surface area contributed by atoms with Gasteiger partial charge < -0.3 is 11.5 Å². The molecule has 0 bridgehead atoms. The lowest BCUT2D eigenvalue weighted by atomic mass is 9.98. The number of rotatable bonds is 4. The number of benzene rings is 1. The lowest BCUT2D eigenvalue weighted by Crippen LogP contribution is -2.14. The molecule has 0 spiro atoms. The minimum Gasteiger partial charge on any atom is -0.330 e. The van der Waals surface area contributed by atoms with E-state index in [4.69, 9.17) is 23.1 Å². The molecule has 2 nitrogen and oxygen atoms in total. The van der Waals surface area contributed by atoms with Gasteiger partial charge >= 0.3 is 0 Å². The van der Waals surface area contributed by atoms with Crippen molar-refractivity contribution in [3.05, 3.63) is 34.3 Å². The molecule has 0 fully saturated rings. The van der Waals surface area contributed by atoms with Crippen molar-refractivity contribution < 1.29 is 0 Å². The monoisotopic (exact) mass is 248 g/mol. The molecular weight excluding hydrogens is 231 g/mol. The van der Waals surface area contributed by atoms with Gasteiger partial charge in [-0.2, -0.15) is 0 Å². The first-order valence-corrected chi connectivity index (χ1v) is 5.25. The van der Waals surface area contributed by atoms with Crippen molar-refractivity contribution >= 4 is 24.0 Å². The zero-order chi connectivity index (χ0) is 10.6. The van der Waals surface area contributed by atoms with Gasteiger partial charge in [-0.3, -0.25) is 0 Å². The highest BCUT2D eigenvalue weighted by Crippen LogP contribution is 2.27. The summed E-state index contributed by atoms with van der Waals surface area (Å²) in [5.74, 6) is 0. The lowest BCUT2D eigenvalue weighted by Gasteiger charge is -2.15. The molecule has 0 aliphatic heterocycles. The van der Waals surface area contributed by atoms with Gasteiger partial charge in [-0.15, -0.1) is 12.4 Å². The average molecular weight is 249 g/mol. The van der Waals surface area contributed by atoms with Crippen molar-refractivity contribution in [2.45, 2.75) is 25.8 Å². The van der Waals surface area contributed by atoms with E-state index in [1.54, 1.807) is 0 Å². The van der Waals surface area contributed by atoms with Crippen LogP contribution in [0.25, 0.3) is 0 Å². The molecule has 1 atom stereocenters. The Morgan fingerprint density at radius 2 is 2.07 bits per heavy atom. The third-order valence-electron chi connectivity index (χ3n) is 2.36. The SMILES string of the molecule is Cc1cccc(Cl)c1[C@H](N)CCCN.Cl. The highest BCUT2D eigenvalue weighted by Gasteiger charge is 2.11. The topological polar surface area (TPSA) is 52.0 Å². The number of aryl methyl sites for hydroxylation is 1. The second kappa shape index (κ2) is 7.07. The summed E-state index contributed by atoms with van der Waals surface area (Å²) in [5, 5.41) is 0.759. The molecule has 0 aliphatic rings. The van der Waals surface area contributed by atoms with Crippen LogP contribution in [0.2, 0.25) is 5.02 Å². The van der Waals surface area contributed by atoms with Crippen LogP contribution in [-0.2, 0) is 0 Å². The highest BCUT2D eigenvalue weighted by molar-refractivity contribution is 6.31. The molecule has 0 amide bonds. The van der Waals surface area contributed by atoms with Crippen LogP contribution in [-0.4, -0.2) is 6.54 Å². The summed E-state index contributed by atoms with van der Waals surface area (Å²) < 4.78 is 0. The molecule has 1 rings (SSSR count). The smallest absolute Gasteiger partial charge is 0.0456 e. The molecule has 1 aromatic carbocycles. The van der Waals surface area contributed by atoms with Crippen LogP contribution in [0.5, 0.6) is 0 Å². The Morgan fingerprint density at radius 3 is 2.60 bits per heavy atom. The van der Waals surface area contributed by atoms with E-state index >= 15 is 0 Å². The van der Waals surface area contributed by atoms with E-state index in [0.717, 1.165) is 29.0 Å². The number of hydrogen-bond acceptors (Lipinski definition) is 2. The van der Waals surface area contributed by atoms with Gasteiger partial charge in [-0.1, -0.05) is 23.7 Å². The Balaban J connectivity index is 0.00000196. The van der Waals surface area contributed by atoms with Crippen LogP contribution >= 0.6 is 24.0 Å². The third-order valence-corrected chi connectivity index (χ3v) is 2.69.